The van der Waals surface area contributed by atoms with Crippen LogP contribution >= 0.6 is 11.3 Å². The molecule has 0 spiro atoms. The highest BCUT2D eigenvalue weighted by molar-refractivity contribution is 7.18. The van der Waals surface area contributed by atoms with Crippen molar-refractivity contribution in [3.63, 3.8) is 0 Å². The van der Waals surface area contributed by atoms with Crippen molar-refractivity contribution < 1.29 is 14.1 Å². The molecule has 1 atom stereocenters. The molecule has 0 N–H and O–H groups in total. The van der Waals surface area contributed by atoms with Crippen LogP contribution in [0.2, 0.25) is 0 Å². The van der Waals surface area contributed by atoms with Gasteiger partial charge in [-0.25, -0.2) is 4.98 Å². The van der Waals surface area contributed by atoms with E-state index in [-0.39, 0.29) is 17.6 Å². The number of hydrogen-bond acceptors (Lipinski definition) is 6. The Morgan fingerprint density at radius 3 is 2.92 bits per heavy atom. The minimum atomic E-state index is -0.642. The van der Waals surface area contributed by atoms with Crippen molar-refractivity contribution >= 4 is 33.3 Å². The van der Waals surface area contributed by atoms with Crippen LogP contribution in [0.4, 0.5) is 5.88 Å². The molecule has 0 bridgehead atoms. The van der Waals surface area contributed by atoms with Crippen LogP contribution in [0.1, 0.15) is 34.3 Å². The lowest BCUT2D eigenvalue weighted by molar-refractivity contribution is -0.402. The first kappa shape index (κ1) is 15.8. The Bertz CT molecular complexity index is 915. The van der Waals surface area contributed by atoms with E-state index in [1.165, 1.54) is 12.1 Å². The van der Waals surface area contributed by atoms with Crippen LogP contribution in [-0.4, -0.2) is 33.8 Å². The molecule has 7 nitrogen and oxygen atoms in total. The van der Waals surface area contributed by atoms with Gasteiger partial charge in [-0.2, -0.15) is 0 Å². The first-order valence-electron chi connectivity index (χ1n) is 8.01. The van der Waals surface area contributed by atoms with Gasteiger partial charge in [0.2, 0.25) is 0 Å². The summed E-state index contributed by atoms with van der Waals surface area (Å²) >= 11 is 1.66. The van der Waals surface area contributed by atoms with Crippen molar-refractivity contribution in [2.24, 2.45) is 0 Å². The summed E-state index contributed by atoms with van der Waals surface area (Å²) in [7, 11) is 0. The molecule has 1 aromatic carbocycles. The number of carbonyl (C=O) groups is 1. The maximum absolute atomic E-state index is 12.6. The number of amides is 1. The summed E-state index contributed by atoms with van der Waals surface area (Å²) in [6.45, 7) is 1.17. The van der Waals surface area contributed by atoms with E-state index in [0.717, 1.165) is 28.1 Å². The van der Waals surface area contributed by atoms with Crippen LogP contribution < -0.4 is 0 Å². The van der Waals surface area contributed by atoms with Crippen molar-refractivity contribution in [2.75, 3.05) is 13.1 Å². The Balaban J connectivity index is 1.53. The van der Waals surface area contributed by atoms with Crippen molar-refractivity contribution in [3.8, 4) is 0 Å². The molecule has 1 aliphatic rings. The summed E-state index contributed by atoms with van der Waals surface area (Å²) in [5.41, 5.74) is 0.979. The van der Waals surface area contributed by atoms with Crippen molar-refractivity contribution in [3.05, 3.63) is 57.3 Å². The second-order valence-corrected chi connectivity index (χ2v) is 7.07. The van der Waals surface area contributed by atoms with Crippen LogP contribution in [0, 0.1) is 10.1 Å². The average molecular weight is 357 g/mol. The van der Waals surface area contributed by atoms with Gasteiger partial charge in [0.05, 0.1) is 21.3 Å². The van der Waals surface area contributed by atoms with Crippen LogP contribution in [0.25, 0.3) is 10.2 Å². The quantitative estimate of drug-likeness (QED) is 0.525. The number of likely N-dealkylation sites (tertiary alicyclic amines) is 1. The van der Waals surface area contributed by atoms with Gasteiger partial charge < -0.3 is 9.32 Å². The van der Waals surface area contributed by atoms with Gasteiger partial charge in [-0.3, -0.25) is 14.9 Å². The Hall–Kier alpha value is -2.74. The SMILES string of the molecule is O=C(c1ccc([N+](=O)[O-])o1)N1CCC[C@H](c2nc3ccccc3s2)C1. The lowest BCUT2D eigenvalue weighted by Crippen LogP contribution is -2.38. The van der Waals surface area contributed by atoms with E-state index in [1.54, 1.807) is 16.2 Å². The fourth-order valence-electron chi connectivity index (χ4n) is 3.12. The predicted molar refractivity (Wildman–Crippen MR) is 92.9 cm³/mol. The first-order chi connectivity index (χ1) is 12.1. The summed E-state index contributed by atoms with van der Waals surface area (Å²) in [5.74, 6) is -0.529. The number of thiazole rings is 1. The molecule has 8 heteroatoms. The predicted octanol–water partition coefficient (Wildman–Crippen LogP) is 3.82. The molecule has 0 radical (unpaired) electrons. The number of para-hydroxylation sites is 1. The van der Waals surface area contributed by atoms with Crippen molar-refractivity contribution in [1.29, 1.82) is 0 Å². The summed E-state index contributed by atoms with van der Waals surface area (Å²) in [5, 5.41) is 11.7. The molecule has 1 fully saturated rings. The molecule has 2 aromatic heterocycles. The van der Waals surface area contributed by atoms with Crippen LogP contribution in [0.5, 0.6) is 0 Å². The lowest BCUT2D eigenvalue weighted by atomic mass is 9.98. The van der Waals surface area contributed by atoms with E-state index in [2.05, 4.69) is 0 Å². The molecule has 1 saturated heterocycles. The fourth-order valence-corrected chi connectivity index (χ4v) is 4.22. The van der Waals surface area contributed by atoms with E-state index in [9.17, 15) is 14.9 Å². The molecule has 0 unspecified atom stereocenters. The van der Waals surface area contributed by atoms with Gasteiger partial charge in [0.25, 0.3) is 5.91 Å². The number of benzene rings is 1. The maximum atomic E-state index is 12.6. The summed E-state index contributed by atoms with van der Waals surface area (Å²) < 4.78 is 6.19. The van der Waals surface area contributed by atoms with Gasteiger partial charge in [0, 0.05) is 19.0 Å². The minimum absolute atomic E-state index is 0.0108. The summed E-state index contributed by atoms with van der Waals surface area (Å²) in [6, 6.07) is 10.6. The van der Waals surface area contributed by atoms with E-state index in [0.29, 0.717) is 13.1 Å². The number of carbonyl (C=O) groups excluding carboxylic acids is 1. The normalized spacial score (nSPS) is 17.8. The third-order valence-electron chi connectivity index (χ3n) is 4.35. The molecule has 4 rings (SSSR count). The molecule has 1 aliphatic heterocycles. The van der Waals surface area contributed by atoms with Crippen molar-refractivity contribution in [1.82, 2.24) is 9.88 Å². The van der Waals surface area contributed by atoms with E-state index >= 15 is 0 Å². The molecule has 25 heavy (non-hydrogen) atoms. The molecular formula is C17H15N3O4S. The smallest absolute Gasteiger partial charge is 0.395 e. The Morgan fingerprint density at radius 1 is 1.32 bits per heavy atom. The largest absolute Gasteiger partial charge is 0.433 e. The zero-order chi connectivity index (χ0) is 17.4. The second-order valence-electron chi connectivity index (χ2n) is 6.01. The Morgan fingerprint density at radius 2 is 2.16 bits per heavy atom. The van der Waals surface area contributed by atoms with Gasteiger partial charge >= 0.3 is 5.88 Å². The number of nitrogens with zero attached hydrogens (tertiary/aromatic N) is 3. The molecule has 3 aromatic rings. The number of rotatable bonds is 3. The van der Waals surface area contributed by atoms with Crippen molar-refractivity contribution in [2.45, 2.75) is 18.8 Å². The molecule has 128 valence electrons. The monoisotopic (exact) mass is 357 g/mol. The molecule has 0 saturated carbocycles. The van der Waals surface area contributed by atoms with Crippen LogP contribution in [0.15, 0.2) is 40.8 Å². The number of fused-ring (bicyclic) bond motifs is 1. The third kappa shape index (κ3) is 3.00. The van der Waals surface area contributed by atoms with Gasteiger partial charge in [-0.05, 0) is 31.0 Å². The van der Waals surface area contributed by atoms with Gasteiger partial charge in [-0.15, -0.1) is 11.3 Å². The van der Waals surface area contributed by atoms with E-state index in [4.69, 9.17) is 9.40 Å². The number of aromatic nitrogens is 1. The average Bonchev–Trinajstić information content (AvgIpc) is 3.28. The molecule has 1 amide bonds. The van der Waals surface area contributed by atoms with Gasteiger partial charge in [-0.1, -0.05) is 12.1 Å². The molecule has 3 heterocycles. The van der Waals surface area contributed by atoms with E-state index < -0.39 is 10.8 Å². The molecular weight excluding hydrogens is 342 g/mol. The number of hydrogen-bond donors (Lipinski definition) is 0. The number of piperidine rings is 1. The zero-order valence-corrected chi connectivity index (χ0v) is 14.1. The van der Waals surface area contributed by atoms with Crippen LogP contribution in [0.3, 0.4) is 0 Å². The minimum Gasteiger partial charge on any atom is -0.395 e. The van der Waals surface area contributed by atoms with E-state index in [1.807, 2.05) is 24.3 Å². The van der Waals surface area contributed by atoms with Gasteiger partial charge in [0.15, 0.2) is 5.76 Å². The highest BCUT2D eigenvalue weighted by Crippen LogP contribution is 2.33. The zero-order valence-electron chi connectivity index (χ0n) is 13.3. The van der Waals surface area contributed by atoms with Gasteiger partial charge in [0.1, 0.15) is 4.92 Å². The summed E-state index contributed by atoms with van der Waals surface area (Å²) in [6.07, 6.45) is 1.84. The number of furan rings is 1. The topological polar surface area (TPSA) is 89.5 Å². The lowest BCUT2D eigenvalue weighted by Gasteiger charge is -2.31. The second kappa shape index (κ2) is 6.29. The Kier molecular flexibility index (Phi) is 3.96. The Labute approximate surface area is 147 Å². The third-order valence-corrected chi connectivity index (χ3v) is 5.55. The fraction of sp³-hybridized carbons (Fsp3) is 0.294. The van der Waals surface area contributed by atoms with Crippen LogP contribution in [-0.2, 0) is 0 Å². The highest BCUT2D eigenvalue weighted by atomic mass is 32.1. The first-order valence-corrected chi connectivity index (χ1v) is 8.82. The highest BCUT2D eigenvalue weighted by Gasteiger charge is 2.29. The maximum Gasteiger partial charge on any atom is 0.433 e. The summed E-state index contributed by atoms with van der Waals surface area (Å²) in [4.78, 5) is 29.0. The standard InChI is InChI=1S/C17H15N3O4S/c21-17(13-7-8-15(24-13)20(22)23)19-9-3-4-11(10-19)16-18-12-5-1-2-6-14(12)25-16/h1-2,5-8,11H,3-4,9-10H2/t11-/m0/s1. The number of nitro groups is 1. The molecule has 0 aliphatic carbocycles.